The normalized spacial score (nSPS) is 19.8. The molecule has 1 aromatic carbocycles. The van der Waals surface area contributed by atoms with Gasteiger partial charge in [0.05, 0.1) is 5.60 Å². The Morgan fingerprint density at radius 1 is 1.25 bits per heavy atom. The van der Waals surface area contributed by atoms with Crippen LogP contribution in [0.2, 0.25) is 0 Å². The molecule has 20 heavy (non-hydrogen) atoms. The quantitative estimate of drug-likeness (QED) is 0.900. The van der Waals surface area contributed by atoms with Crippen LogP contribution in [0.15, 0.2) is 18.2 Å². The van der Waals surface area contributed by atoms with E-state index in [4.69, 9.17) is 15.2 Å². The summed E-state index contributed by atoms with van der Waals surface area (Å²) in [5.74, 6) is 0. The van der Waals surface area contributed by atoms with E-state index in [1.165, 1.54) is 16.7 Å². The predicted octanol–water partition coefficient (Wildman–Crippen LogP) is 2.76. The van der Waals surface area contributed by atoms with Gasteiger partial charge in [-0.3, -0.25) is 0 Å². The number of hydrogen-bond acceptors (Lipinski definition) is 3. The summed E-state index contributed by atoms with van der Waals surface area (Å²) in [6.07, 6.45) is 2.67. The Hall–Kier alpha value is -0.900. The number of hydrogen-bond donors (Lipinski definition) is 1. The number of nitrogens with two attached hydrogens (primary N) is 1. The van der Waals surface area contributed by atoms with Gasteiger partial charge in [-0.25, -0.2) is 0 Å². The molecular weight excluding hydrogens is 250 g/mol. The molecule has 1 aromatic rings. The van der Waals surface area contributed by atoms with Gasteiger partial charge in [0.25, 0.3) is 0 Å². The van der Waals surface area contributed by atoms with Crippen molar-refractivity contribution in [3.8, 4) is 0 Å². The molecule has 0 saturated carbocycles. The summed E-state index contributed by atoms with van der Waals surface area (Å²) >= 11 is 0. The van der Waals surface area contributed by atoms with Gasteiger partial charge in [0.15, 0.2) is 0 Å². The van der Waals surface area contributed by atoms with Crippen molar-refractivity contribution in [3.05, 3.63) is 34.9 Å². The maximum absolute atomic E-state index is 6.56. The zero-order valence-corrected chi connectivity index (χ0v) is 12.9. The van der Waals surface area contributed by atoms with Crippen LogP contribution in [-0.2, 0) is 15.9 Å². The molecule has 3 nitrogen and oxygen atoms in total. The van der Waals surface area contributed by atoms with Crippen LogP contribution < -0.4 is 5.73 Å². The second-order valence-corrected chi connectivity index (χ2v) is 5.79. The molecule has 1 unspecified atom stereocenters. The molecular formula is C17H27NO2. The van der Waals surface area contributed by atoms with Crippen molar-refractivity contribution in [1.29, 1.82) is 0 Å². The Bertz CT molecular complexity index is 413. The van der Waals surface area contributed by atoms with Crippen molar-refractivity contribution in [1.82, 2.24) is 0 Å². The summed E-state index contributed by atoms with van der Waals surface area (Å²) in [6, 6.07) is 6.44. The minimum absolute atomic E-state index is 0.0196. The number of rotatable bonds is 5. The largest absolute Gasteiger partial charge is 0.381 e. The monoisotopic (exact) mass is 277 g/mol. The average molecular weight is 277 g/mol. The fourth-order valence-electron chi connectivity index (χ4n) is 3.20. The number of benzene rings is 1. The molecule has 1 aliphatic heterocycles. The van der Waals surface area contributed by atoms with E-state index in [1.807, 2.05) is 6.92 Å². The molecule has 0 spiro atoms. The van der Waals surface area contributed by atoms with Gasteiger partial charge in [0.1, 0.15) is 0 Å². The molecule has 0 aromatic heterocycles. The molecule has 0 aliphatic carbocycles. The summed E-state index contributed by atoms with van der Waals surface area (Å²) in [4.78, 5) is 0. The van der Waals surface area contributed by atoms with Crippen LogP contribution in [0, 0.1) is 13.8 Å². The standard InChI is InChI=1S/C17H27NO2/c1-4-20-17(8-10-19-11-9-17)16(18)12-15-13(2)6-5-7-14(15)3/h5-7,16H,4,8-12,18H2,1-3H3. The Morgan fingerprint density at radius 2 is 1.85 bits per heavy atom. The lowest BCUT2D eigenvalue weighted by molar-refractivity contribution is -0.120. The molecule has 1 saturated heterocycles. The maximum atomic E-state index is 6.56. The third kappa shape index (κ3) is 3.22. The van der Waals surface area contributed by atoms with Crippen molar-refractivity contribution >= 4 is 0 Å². The third-order valence-corrected chi connectivity index (χ3v) is 4.52. The van der Waals surface area contributed by atoms with E-state index in [0.717, 1.165) is 32.5 Å². The van der Waals surface area contributed by atoms with Crippen LogP contribution in [0.3, 0.4) is 0 Å². The van der Waals surface area contributed by atoms with Crippen LogP contribution in [0.25, 0.3) is 0 Å². The van der Waals surface area contributed by atoms with Crippen LogP contribution in [0.4, 0.5) is 0 Å². The first-order valence-corrected chi connectivity index (χ1v) is 7.61. The highest BCUT2D eigenvalue weighted by Crippen LogP contribution is 2.30. The summed E-state index contributed by atoms with van der Waals surface area (Å²) in [5.41, 5.74) is 10.3. The minimum Gasteiger partial charge on any atom is -0.381 e. The molecule has 1 aliphatic rings. The highest BCUT2D eigenvalue weighted by atomic mass is 16.5. The molecule has 0 radical (unpaired) electrons. The highest BCUT2D eigenvalue weighted by Gasteiger charge is 2.39. The number of aryl methyl sites for hydroxylation is 2. The van der Waals surface area contributed by atoms with E-state index in [2.05, 4.69) is 32.0 Å². The predicted molar refractivity (Wildman–Crippen MR) is 82.0 cm³/mol. The van der Waals surface area contributed by atoms with Gasteiger partial charge in [0.2, 0.25) is 0 Å². The molecule has 1 heterocycles. The Morgan fingerprint density at radius 3 is 2.40 bits per heavy atom. The molecule has 0 bridgehead atoms. The second-order valence-electron chi connectivity index (χ2n) is 5.79. The van der Waals surface area contributed by atoms with Crippen molar-refractivity contribution in [2.45, 2.75) is 51.7 Å². The van der Waals surface area contributed by atoms with Gasteiger partial charge in [-0.15, -0.1) is 0 Å². The molecule has 0 amide bonds. The van der Waals surface area contributed by atoms with Crippen LogP contribution in [-0.4, -0.2) is 31.5 Å². The van der Waals surface area contributed by atoms with Gasteiger partial charge >= 0.3 is 0 Å². The topological polar surface area (TPSA) is 44.5 Å². The van der Waals surface area contributed by atoms with Crippen LogP contribution >= 0.6 is 0 Å². The lowest BCUT2D eigenvalue weighted by Crippen LogP contribution is -2.54. The lowest BCUT2D eigenvalue weighted by atomic mass is 9.81. The zero-order chi connectivity index (χ0) is 14.6. The SMILES string of the molecule is CCOC1(C(N)Cc2c(C)cccc2C)CCOCC1. The summed E-state index contributed by atoms with van der Waals surface area (Å²) in [7, 11) is 0. The first-order chi connectivity index (χ1) is 9.59. The van der Waals surface area contributed by atoms with Gasteiger partial charge in [0, 0.05) is 38.7 Å². The Labute approximate surface area is 122 Å². The lowest BCUT2D eigenvalue weighted by Gasteiger charge is -2.41. The summed E-state index contributed by atoms with van der Waals surface area (Å²) in [5, 5.41) is 0. The van der Waals surface area contributed by atoms with Crippen LogP contribution in [0.1, 0.15) is 36.5 Å². The summed E-state index contributed by atoms with van der Waals surface area (Å²) < 4.78 is 11.6. The van der Waals surface area contributed by atoms with Gasteiger partial charge in [-0.2, -0.15) is 0 Å². The first kappa shape index (κ1) is 15.5. The van der Waals surface area contributed by atoms with E-state index < -0.39 is 0 Å². The molecule has 3 heteroatoms. The smallest absolute Gasteiger partial charge is 0.0879 e. The first-order valence-electron chi connectivity index (χ1n) is 7.61. The summed E-state index contributed by atoms with van der Waals surface area (Å²) in [6.45, 7) is 8.57. The maximum Gasteiger partial charge on any atom is 0.0879 e. The van der Waals surface area contributed by atoms with Crippen molar-refractivity contribution in [2.75, 3.05) is 19.8 Å². The third-order valence-electron chi connectivity index (χ3n) is 4.52. The van der Waals surface area contributed by atoms with E-state index in [1.54, 1.807) is 0 Å². The molecule has 112 valence electrons. The number of ether oxygens (including phenoxy) is 2. The van der Waals surface area contributed by atoms with Crippen molar-refractivity contribution < 1.29 is 9.47 Å². The molecule has 1 fully saturated rings. The Balaban J connectivity index is 2.18. The minimum atomic E-state index is -0.221. The van der Waals surface area contributed by atoms with Gasteiger partial charge in [-0.05, 0) is 43.9 Å². The van der Waals surface area contributed by atoms with E-state index in [9.17, 15) is 0 Å². The Kier molecular flexibility index (Phi) is 5.19. The molecule has 2 N–H and O–H groups in total. The van der Waals surface area contributed by atoms with Gasteiger partial charge in [-0.1, -0.05) is 18.2 Å². The van der Waals surface area contributed by atoms with E-state index in [0.29, 0.717) is 6.61 Å². The van der Waals surface area contributed by atoms with E-state index in [-0.39, 0.29) is 11.6 Å². The zero-order valence-electron chi connectivity index (χ0n) is 12.9. The average Bonchev–Trinajstić information content (AvgIpc) is 2.44. The van der Waals surface area contributed by atoms with E-state index >= 15 is 0 Å². The second kappa shape index (κ2) is 6.70. The molecule has 1 atom stereocenters. The van der Waals surface area contributed by atoms with Crippen LogP contribution in [0.5, 0.6) is 0 Å². The van der Waals surface area contributed by atoms with Gasteiger partial charge < -0.3 is 15.2 Å². The van der Waals surface area contributed by atoms with Crippen molar-refractivity contribution in [2.24, 2.45) is 5.73 Å². The fourth-order valence-corrected chi connectivity index (χ4v) is 3.20. The fraction of sp³-hybridized carbons (Fsp3) is 0.647. The van der Waals surface area contributed by atoms with Crippen molar-refractivity contribution in [3.63, 3.8) is 0 Å². The highest BCUT2D eigenvalue weighted by molar-refractivity contribution is 5.34. The molecule has 2 rings (SSSR count).